The highest BCUT2D eigenvalue weighted by atomic mass is 32.1. The van der Waals surface area contributed by atoms with Gasteiger partial charge >= 0.3 is 0 Å². The molecular weight excluding hydrogens is 366 g/mol. The highest BCUT2D eigenvalue weighted by Gasteiger charge is 2.12. The van der Waals surface area contributed by atoms with E-state index >= 15 is 0 Å². The molecule has 140 valence electrons. The summed E-state index contributed by atoms with van der Waals surface area (Å²) in [6.07, 6.45) is 0.175. The number of carbonyl (C=O) groups excluding carboxylic acids is 1. The Morgan fingerprint density at radius 3 is 2.18 bits per heavy atom. The summed E-state index contributed by atoms with van der Waals surface area (Å²) < 4.78 is 0. The highest BCUT2D eigenvalue weighted by Crippen LogP contribution is 2.11. The summed E-state index contributed by atoms with van der Waals surface area (Å²) in [5, 5.41) is 7.89. The van der Waals surface area contributed by atoms with E-state index in [4.69, 9.17) is 12.2 Å². The van der Waals surface area contributed by atoms with E-state index < -0.39 is 0 Å². The van der Waals surface area contributed by atoms with E-state index in [1.54, 1.807) is 0 Å². The van der Waals surface area contributed by atoms with Gasteiger partial charge in [-0.15, -0.1) is 0 Å². The predicted octanol–water partition coefficient (Wildman–Crippen LogP) is 4.96. The number of nitrogens with zero attached hydrogens (tertiary/aromatic N) is 1. The number of hydrogen-bond donors (Lipinski definition) is 2. The largest absolute Gasteiger partial charge is 0.331 e. The minimum atomic E-state index is 0.00237. The monoisotopic (exact) mass is 387 g/mol. The average molecular weight is 388 g/mol. The van der Waals surface area contributed by atoms with Gasteiger partial charge in [0.25, 0.3) is 0 Å². The molecule has 0 amide bonds. The molecule has 5 heteroatoms. The lowest BCUT2D eigenvalue weighted by Crippen LogP contribution is -2.26. The number of benzene rings is 3. The molecule has 3 aromatic carbocycles. The lowest BCUT2D eigenvalue weighted by molar-refractivity contribution is 0.100. The van der Waals surface area contributed by atoms with Gasteiger partial charge in [0.2, 0.25) is 0 Å². The number of aryl methyl sites for hydroxylation is 1. The van der Waals surface area contributed by atoms with Crippen LogP contribution in [0.3, 0.4) is 0 Å². The molecule has 3 rings (SSSR count). The van der Waals surface area contributed by atoms with Crippen molar-refractivity contribution in [1.82, 2.24) is 5.43 Å². The second-order valence-electron chi connectivity index (χ2n) is 6.33. The Kier molecular flexibility index (Phi) is 6.65. The Morgan fingerprint density at radius 1 is 0.893 bits per heavy atom. The zero-order valence-electron chi connectivity index (χ0n) is 15.6. The van der Waals surface area contributed by atoms with Crippen LogP contribution in [0, 0.1) is 6.92 Å². The number of carbonyl (C=O) groups is 1. The number of nitrogens with one attached hydrogen (secondary N) is 2. The van der Waals surface area contributed by atoms with Crippen LogP contribution in [-0.4, -0.2) is 16.6 Å². The van der Waals surface area contributed by atoms with Crippen molar-refractivity contribution in [2.24, 2.45) is 5.10 Å². The maximum atomic E-state index is 12.6. The van der Waals surface area contributed by atoms with E-state index in [-0.39, 0.29) is 12.2 Å². The Balaban J connectivity index is 1.75. The van der Waals surface area contributed by atoms with Crippen molar-refractivity contribution in [3.05, 3.63) is 102 Å². The van der Waals surface area contributed by atoms with Crippen molar-refractivity contribution in [2.75, 3.05) is 5.32 Å². The summed E-state index contributed by atoms with van der Waals surface area (Å²) in [7, 11) is 0. The third kappa shape index (κ3) is 5.59. The van der Waals surface area contributed by atoms with Gasteiger partial charge in [-0.05, 0) is 42.4 Å². The topological polar surface area (TPSA) is 53.5 Å². The number of anilines is 1. The molecule has 0 aromatic heterocycles. The number of hydrazone groups is 1. The Labute approximate surface area is 170 Å². The van der Waals surface area contributed by atoms with Crippen molar-refractivity contribution >= 4 is 34.5 Å². The normalized spacial score (nSPS) is 11.0. The fourth-order valence-electron chi connectivity index (χ4n) is 2.71. The van der Waals surface area contributed by atoms with Gasteiger partial charge in [-0.3, -0.25) is 10.2 Å². The second-order valence-corrected chi connectivity index (χ2v) is 6.73. The first-order chi connectivity index (χ1) is 13.6. The molecule has 0 saturated heterocycles. The Hall–Kier alpha value is -3.31. The number of thiocarbonyl (C=S) groups is 1. The van der Waals surface area contributed by atoms with Crippen molar-refractivity contribution < 1.29 is 4.79 Å². The molecule has 0 aliphatic carbocycles. The standard InChI is InChI=1S/C23H21N3OS/c1-17-9-8-14-20(15-17)24-23(28)26-25-21(18-10-4-2-5-11-18)16-22(27)19-12-6-3-7-13-19/h2-15H,16H2,1H3,(H2,24,26,28)/b25-21-. The molecule has 2 N–H and O–H groups in total. The fourth-order valence-corrected chi connectivity index (χ4v) is 2.88. The van der Waals surface area contributed by atoms with Crippen molar-refractivity contribution in [3.8, 4) is 0 Å². The first kappa shape index (κ1) is 19.5. The maximum absolute atomic E-state index is 12.6. The van der Waals surface area contributed by atoms with Crippen LogP contribution in [-0.2, 0) is 0 Å². The van der Waals surface area contributed by atoms with E-state index in [0.717, 1.165) is 16.8 Å². The smallest absolute Gasteiger partial charge is 0.191 e. The summed E-state index contributed by atoms with van der Waals surface area (Å²) >= 11 is 5.34. The molecule has 0 atom stereocenters. The van der Waals surface area contributed by atoms with E-state index in [1.165, 1.54) is 0 Å². The highest BCUT2D eigenvalue weighted by molar-refractivity contribution is 7.80. The molecule has 0 fully saturated rings. The van der Waals surface area contributed by atoms with Gasteiger partial charge in [0, 0.05) is 11.3 Å². The van der Waals surface area contributed by atoms with Gasteiger partial charge in [-0.25, -0.2) is 0 Å². The predicted molar refractivity (Wildman–Crippen MR) is 119 cm³/mol. The summed E-state index contributed by atoms with van der Waals surface area (Å²) in [6.45, 7) is 2.02. The van der Waals surface area contributed by atoms with Crippen molar-refractivity contribution in [3.63, 3.8) is 0 Å². The van der Waals surface area contributed by atoms with Gasteiger partial charge in [-0.1, -0.05) is 72.8 Å². The maximum Gasteiger partial charge on any atom is 0.191 e. The SMILES string of the molecule is Cc1cccc(NC(=S)N/N=C(/CC(=O)c2ccccc2)c2ccccc2)c1. The average Bonchev–Trinajstić information content (AvgIpc) is 2.72. The molecule has 28 heavy (non-hydrogen) atoms. The quantitative estimate of drug-likeness (QED) is 0.272. The number of hydrogen-bond acceptors (Lipinski definition) is 3. The Morgan fingerprint density at radius 2 is 1.54 bits per heavy atom. The van der Waals surface area contributed by atoms with Gasteiger partial charge in [0.05, 0.1) is 12.1 Å². The van der Waals surface area contributed by atoms with Crippen LogP contribution in [0.15, 0.2) is 90.0 Å². The van der Waals surface area contributed by atoms with E-state index in [9.17, 15) is 4.79 Å². The van der Waals surface area contributed by atoms with Crippen LogP contribution in [0.1, 0.15) is 27.9 Å². The molecule has 0 aliphatic rings. The zero-order chi connectivity index (χ0) is 19.8. The van der Waals surface area contributed by atoms with E-state index in [0.29, 0.717) is 16.4 Å². The number of rotatable bonds is 6. The molecule has 3 aromatic rings. The van der Waals surface area contributed by atoms with Crippen molar-refractivity contribution in [1.29, 1.82) is 0 Å². The van der Waals surface area contributed by atoms with Gasteiger partial charge in [-0.2, -0.15) is 5.10 Å². The van der Waals surface area contributed by atoms with E-state index in [1.807, 2.05) is 91.9 Å². The van der Waals surface area contributed by atoms with Crippen molar-refractivity contribution in [2.45, 2.75) is 13.3 Å². The molecule has 0 aliphatic heterocycles. The molecular formula is C23H21N3OS. The number of ketones is 1. The van der Waals surface area contributed by atoms with Crippen LogP contribution in [0.25, 0.3) is 0 Å². The van der Waals surface area contributed by atoms with Crippen LogP contribution in [0.2, 0.25) is 0 Å². The van der Waals surface area contributed by atoms with Crippen LogP contribution < -0.4 is 10.7 Å². The molecule has 0 radical (unpaired) electrons. The van der Waals surface area contributed by atoms with Crippen LogP contribution in [0.5, 0.6) is 0 Å². The van der Waals surface area contributed by atoms with Gasteiger partial charge < -0.3 is 5.32 Å². The third-order valence-corrected chi connectivity index (χ3v) is 4.29. The summed E-state index contributed by atoms with van der Waals surface area (Å²) in [4.78, 5) is 12.6. The van der Waals surface area contributed by atoms with E-state index in [2.05, 4.69) is 15.8 Å². The lowest BCUT2D eigenvalue weighted by atomic mass is 10.0. The zero-order valence-corrected chi connectivity index (χ0v) is 16.4. The van der Waals surface area contributed by atoms with Gasteiger partial charge in [0.15, 0.2) is 10.9 Å². The van der Waals surface area contributed by atoms with Crippen LogP contribution in [0.4, 0.5) is 5.69 Å². The third-order valence-electron chi connectivity index (χ3n) is 4.10. The molecule has 0 heterocycles. The number of Topliss-reactive ketones (excluding diaryl/α,β-unsaturated/α-hetero) is 1. The van der Waals surface area contributed by atoms with Gasteiger partial charge in [0.1, 0.15) is 0 Å². The second kappa shape index (κ2) is 9.58. The molecule has 0 saturated carbocycles. The summed E-state index contributed by atoms with van der Waals surface area (Å²) in [5.41, 5.74) is 7.04. The molecule has 4 nitrogen and oxygen atoms in total. The first-order valence-corrected chi connectivity index (χ1v) is 9.36. The van der Waals surface area contributed by atoms with Crippen LogP contribution >= 0.6 is 12.2 Å². The lowest BCUT2D eigenvalue weighted by Gasteiger charge is -2.10. The minimum Gasteiger partial charge on any atom is -0.331 e. The Bertz CT molecular complexity index is 985. The first-order valence-electron chi connectivity index (χ1n) is 8.96. The summed E-state index contributed by atoms with van der Waals surface area (Å²) in [6, 6.07) is 26.7. The minimum absolute atomic E-state index is 0.00237. The molecule has 0 spiro atoms. The molecule has 0 unspecified atom stereocenters. The molecule has 0 bridgehead atoms. The summed E-state index contributed by atoms with van der Waals surface area (Å²) in [5.74, 6) is 0.00237. The fraction of sp³-hybridized carbons (Fsp3) is 0.0870.